The average molecular weight is 347 g/mol. The number of nitro benzene ring substituents is 1. The van der Waals surface area contributed by atoms with Crippen LogP contribution in [0.2, 0.25) is 0 Å². The summed E-state index contributed by atoms with van der Waals surface area (Å²) >= 11 is 0. The van der Waals surface area contributed by atoms with Crippen molar-refractivity contribution in [2.45, 2.75) is 13.5 Å². The molecular weight excluding hydrogens is 330 g/mol. The van der Waals surface area contributed by atoms with E-state index in [4.69, 9.17) is 0 Å². The number of rotatable bonds is 5. The van der Waals surface area contributed by atoms with Gasteiger partial charge in [0.2, 0.25) is 0 Å². The molecule has 0 saturated carbocycles. The number of anilines is 1. The Morgan fingerprint density at radius 2 is 1.81 bits per heavy atom. The quantitative estimate of drug-likeness (QED) is 0.513. The Hall–Kier alpha value is -3.54. The van der Waals surface area contributed by atoms with Crippen molar-refractivity contribution in [1.82, 2.24) is 4.98 Å². The molecule has 0 aliphatic carbocycles. The number of hydrogen-bond acceptors (Lipinski definition) is 4. The van der Waals surface area contributed by atoms with Crippen molar-refractivity contribution in [1.29, 1.82) is 0 Å². The smallest absolute Gasteiger partial charge is 0.273 e. The van der Waals surface area contributed by atoms with Gasteiger partial charge in [0, 0.05) is 23.4 Å². The lowest BCUT2D eigenvalue weighted by atomic mass is 10.1. The highest BCUT2D eigenvalue weighted by Gasteiger charge is 2.22. The van der Waals surface area contributed by atoms with Crippen molar-refractivity contribution in [2.75, 3.05) is 4.90 Å². The molecule has 0 N–H and O–H groups in total. The third-order valence-corrected chi connectivity index (χ3v) is 4.01. The molecule has 1 amide bonds. The zero-order valence-corrected chi connectivity index (χ0v) is 14.2. The minimum atomic E-state index is -0.478. The number of carbonyl (C=O) groups excluding carboxylic acids is 1. The Morgan fingerprint density at radius 1 is 1.08 bits per heavy atom. The molecule has 6 heteroatoms. The SMILES string of the molecule is Cc1ccc(C(=O)N(Cc2ccccc2)c2ccccn2)cc1[N+](=O)[O-]. The van der Waals surface area contributed by atoms with Crippen LogP contribution in [0, 0.1) is 17.0 Å². The molecule has 6 nitrogen and oxygen atoms in total. The summed E-state index contributed by atoms with van der Waals surface area (Å²) in [5.41, 5.74) is 1.63. The van der Waals surface area contributed by atoms with E-state index in [1.54, 1.807) is 43.5 Å². The molecule has 0 fully saturated rings. The van der Waals surface area contributed by atoms with Crippen molar-refractivity contribution in [3.05, 3.63) is 99.7 Å². The van der Waals surface area contributed by atoms with Crippen molar-refractivity contribution in [3.8, 4) is 0 Å². The lowest BCUT2D eigenvalue weighted by molar-refractivity contribution is -0.385. The first kappa shape index (κ1) is 17.3. The van der Waals surface area contributed by atoms with Crippen LogP contribution >= 0.6 is 0 Å². The molecular formula is C20H17N3O3. The van der Waals surface area contributed by atoms with E-state index in [0.717, 1.165) is 5.56 Å². The molecule has 0 saturated heterocycles. The van der Waals surface area contributed by atoms with Gasteiger partial charge in [0.1, 0.15) is 5.82 Å². The fourth-order valence-corrected chi connectivity index (χ4v) is 2.63. The summed E-state index contributed by atoms with van der Waals surface area (Å²) in [6.45, 7) is 1.96. The number of carbonyl (C=O) groups is 1. The van der Waals surface area contributed by atoms with Gasteiger partial charge in [-0.3, -0.25) is 19.8 Å². The van der Waals surface area contributed by atoms with Gasteiger partial charge in [-0.15, -0.1) is 0 Å². The predicted molar refractivity (Wildman–Crippen MR) is 99.0 cm³/mol. The zero-order valence-electron chi connectivity index (χ0n) is 14.2. The van der Waals surface area contributed by atoms with Crippen LogP contribution < -0.4 is 4.90 Å². The highest BCUT2D eigenvalue weighted by Crippen LogP contribution is 2.23. The van der Waals surface area contributed by atoms with Gasteiger partial charge in [-0.25, -0.2) is 4.98 Å². The summed E-state index contributed by atoms with van der Waals surface area (Å²) in [6, 6.07) is 19.3. The molecule has 2 aromatic carbocycles. The van der Waals surface area contributed by atoms with Crippen LogP contribution in [0.15, 0.2) is 72.9 Å². The topological polar surface area (TPSA) is 76.3 Å². The standard InChI is InChI=1S/C20H17N3O3/c1-15-10-11-17(13-18(15)23(25)26)20(24)22(19-9-5-6-12-21-19)14-16-7-3-2-4-8-16/h2-13H,14H2,1H3. The second-order valence-corrected chi connectivity index (χ2v) is 5.82. The van der Waals surface area contributed by atoms with Gasteiger partial charge in [0.25, 0.3) is 11.6 Å². The minimum absolute atomic E-state index is 0.0727. The third kappa shape index (κ3) is 3.75. The van der Waals surface area contributed by atoms with Crippen LogP contribution in [0.25, 0.3) is 0 Å². The number of pyridine rings is 1. The number of hydrogen-bond donors (Lipinski definition) is 0. The van der Waals surface area contributed by atoms with Gasteiger partial charge >= 0.3 is 0 Å². The second-order valence-electron chi connectivity index (χ2n) is 5.82. The molecule has 1 heterocycles. The van der Waals surface area contributed by atoms with Gasteiger partial charge in [0.05, 0.1) is 11.5 Å². The molecule has 130 valence electrons. The lowest BCUT2D eigenvalue weighted by Gasteiger charge is -2.22. The molecule has 3 rings (SSSR count). The zero-order chi connectivity index (χ0) is 18.5. The van der Waals surface area contributed by atoms with Crippen LogP contribution in [0.4, 0.5) is 11.5 Å². The largest absolute Gasteiger partial charge is 0.288 e. The maximum Gasteiger partial charge on any atom is 0.273 e. The number of aromatic nitrogens is 1. The Bertz CT molecular complexity index is 928. The van der Waals surface area contributed by atoms with Crippen LogP contribution in [-0.2, 0) is 6.54 Å². The maximum atomic E-state index is 13.1. The molecule has 26 heavy (non-hydrogen) atoms. The molecule has 0 radical (unpaired) electrons. The van der Waals surface area contributed by atoms with Gasteiger partial charge in [-0.05, 0) is 30.7 Å². The number of nitro groups is 1. The highest BCUT2D eigenvalue weighted by atomic mass is 16.6. The summed E-state index contributed by atoms with van der Waals surface area (Å²) < 4.78 is 0. The van der Waals surface area contributed by atoms with E-state index in [-0.39, 0.29) is 17.2 Å². The lowest BCUT2D eigenvalue weighted by Crippen LogP contribution is -2.31. The van der Waals surface area contributed by atoms with E-state index in [9.17, 15) is 14.9 Å². The van der Waals surface area contributed by atoms with Crippen LogP contribution in [0.5, 0.6) is 0 Å². The van der Waals surface area contributed by atoms with Crippen LogP contribution in [-0.4, -0.2) is 15.8 Å². The molecule has 0 spiro atoms. The first-order valence-corrected chi connectivity index (χ1v) is 8.08. The number of amides is 1. The van der Waals surface area contributed by atoms with Crippen molar-refractivity contribution in [3.63, 3.8) is 0 Å². The number of aryl methyl sites for hydroxylation is 1. The Labute approximate surface area is 150 Å². The van der Waals surface area contributed by atoms with Crippen LogP contribution in [0.1, 0.15) is 21.5 Å². The maximum absolute atomic E-state index is 13.1. The highest BCUT2D eigenvalue weighted by molar-refractivity contribution is 6.05. The second kappa shape index (κ2) is 7.57. The third-order valence-electron chi connectivity index (χ3n) is 4.01. The summed E-state index contributed by atoms with van der Waals surface area (Å²) in [7, 11) is 0. The van der Waals surface area contributed by atoms with E-state index in [1.807, 2.05) is 30.3 Å². The van der Waals surface area contributed by atoms with Gasteiger partial charge in [0.15, 0.2) is 0 Å². The van der Waals surface area contributed by atoms with E-state index in [2.05, 4.69) is 4.98 Å². The summed E-state index contributed by atoms with van der Waals surface area (Å²) in [6.07, 6.45) is 1.61. The first-order valence-electron chi connectivity index (χ1n) is 8.08. The van der Waals surface area contributed by atoms with E-state index < -0.39 is 4.92 Å². The summed E-state index contributed by atoms with van der Waals surface area (Å²) in [4.78, 5) is 29.6. The van der Waals surface area contributed by atoms with Gasteiger partial charge in [-0.1, -0.05) is 42.5 Å². The average Bonchev–Trinajstić information content (AvgIpc) is 2.67. The fraction of sp³-hybridized carbons (Fsp3) is 0.100. The summed E-state index contributed by atoms with van der Waals surface area (Å²) in [5.74, 6) is 0.153. The minimum Gasteiger partial charge on any atom is -0.288 e. The first-order chi connectivity index (χ1) is 12.6. The molecule has 0 unspecified atom stereocenters. The normalized spacial score (nSPS) is 10.3. The monoisotopic (exact) mass is 347 g/mol. The van der Waals surface area contributed by atoms with Crippen molar-refractivity contribution >= 4 is 17.4 Å². The van der Waals surface area contributed by atoms with Gasteiger partial charge < -0.3 is 0 Å². The van der Waals surface area contributed by atoms with Crippen molar-refractivity contribution in [2.24, 2.45) is 0 Å². The Kier molecular flexibility index (Phi) is 5.03. The van der Waals surface area contributed by atoms with Gasteiger partial charge in [-0.2, -0.15) is 0 Å². The predicted octanol–water partition coefficient (Wildman–Crippen LogP) is 4.15. The molecule has 0 bridgehead atoms. The van der Waals surface area contributed by atoms with Crippen molar-refractivity contribution < 1.29 is 9.72 Å². The molecule has 3 aromatic rings. The van der Waals surface area contributed by atoms with E-state index in [0.29, 0.717) is 17.9 Å². The molecule has 0 atom stereocenters. The Balaban J connectivity index is 2.00. The molecule has 1 aromatic heterocycles. The number of nitrogens with zero attached hydrogens (tertiary/aromatic N) is 3. The van der Waals surface area contributed by atoms with E-state index in [1.165, 1.54) is 11.0 Å². The van der Waals surface area contributed by atoms with E-state index >= 15 is 0 Å². The molecule has 0 aliphatic heterocycles. The fourth-order valence-electron chi connectivity index (χ4n) is 2.63. The molecule has 0 aliphatic rings. The number of benzene rings is 2. The Morgan fingerprint density at radius 3 is 2.46 bits per heavy atom. The summed E-state index contributed by atoms with van der Waals surface area (Å²) in [5, 5.41) is 11.2. The van der Waals surface area contributed by atoms with Crippen LogP contribution in [0.3, 0.4) is 0 Å².